The van der Waals surface area contributed by atoms with Gasteiger partial charge < -0.3 is 9.88 Å². The van der Waals surface area contributed by atoms with E-state index in [0.717, 1.165) is 42.4 Å². The van der Waals surface area contributed by atoms with Crippen LogP contribution in [0.5, 0.6) is 0 Å². The highest BCUT2D eigenvalue weighted by atomic mass is 16.2. The number of carbonyl (C=O) groups is 2. The van der Waals surface area contributed by atoms with Gasteiger partial charge in [0.15, 0.2) is 5.78 Å². The Morgan fingerprint density at radius 2 is 1.86 bits per heavy atom. The Morgan fingerprint density at radius 1 is 1.14 bits per heavy atom. The number of rotatable bonds is 3. The topological polar surface area (TPSA) is 53.2 Å². The largest absolute Gasteiger partial charge is 0.352 e. The summed E-state index contributed by atoms with van der Waals surface area (Å²) in [6, 6.07) is 7.78. The third-order valence-electron chi connectivity index (χ3n) is 4.20. The Hall–Kier alpha value is -2.10. The van der Waals surface area contributed by atoms with Gasteiger partial charge in [0.1, 0.15) is 0 Å². The number of Topliss-reactive ketones (excluding diaryl/α,β-unsaturated/α-hetero) is 1. The Bertz CT molecular complexity index is 681. The van der Waals surface area contributed by atoms with Gasteiger partial charge in [0, 0.05) is 30.9 Å². The summed E-state index contributed by atoms with van der Waals surface area (Å²) >= 11 is 0. The average molecular weight is 284 g/mol. The number of amides is 1. The van der Waals surface area contributed by atoms with Crippen LogP contribution >= 0.6 is 0 Å². The van der Waals surface area contributed by atoms with Gasteiger partial charge in [0.25, 0.3) is 0 Å². The van der Waals surface area contributed by atoms with Crippen molar-refractivity contribution >= 4 is 22.6 Å². The minimum absolute atomic E-state index is 0.0207. The highest BCUT2D eigenvalue weighted by molar-refractivity contribution is 6.02. The van der Waals surface area contributed by atoms with Gasteiger partial charge in [0.05, 0.1) is 12.1 Å². The molecule has 21 heavy (non-hydrogen) atoms. The molecule has 0 spiro atoms. The van der Waals surface area contributed by atoms with E-state index in [-0.39, 0.29) is 11.7 Å². The van der Waals surface area contributed by atoms with Crippen LogP contribution in [-0.4, -0.2) is 34.7 Å². The number of piperidine rings is 1. The predicted molar refractivity (Wildman–Crippen MR) is 82.4 cm³/mol. The fraction of sp³-hybridized carbons (Fsp3) is 0.412. The molecule has 1 saturated heterocycles. The number of carbonyl (C=O) groups excluding carboxylic acids is 2. The van der Waals surface area contributed by atoms with E-state index >= 15 is 0 Å². The maximum absolute atomic E-state index is 12.5. The van der Waals surface area contributed by atoms with E-state index in [9.17, 15) is 9.59 Å². The standard InChI is InChI=1S/C17H20N2O2/c1-12(20)17-14(13-7-3-4-8-15(13)18-17)11-16(21)19-9-5-2-6-10-19/h3-4,7-8,18H,2,5-6,9-11H2,1H3. The van der Waals surface area contributed by atoms with Crippen LogP contribution in [0.2, 0.25) is 0 Å². The molecule has 4 nitrogen and oxygen atoms in total. The number of fused-ring (bicyclic) bond motifs is 1. The van der Waals surface area contributed by atoms with E-state index in [1.807, 2.05) is 29.2 Å². The van der Waals surface area contributed by atoms with Gasteiger partial charge in [-0.05, 0) is 30.9 Å². The zero-order valence-electron chi connectivity index (χ0n) is 12.3. The highest BCUT2D eigenvalue weighted by Crippen LogP contribution is 2.24. The lowest BCUT2D eigenvalue weighted by molar-refractivity contribution is -0.131. The lowest BCUT2D eigenvalue weighted by Crippen LogP contribution is -2.36. The van der Waals surface area contributed by atoms with Crippen LogP contribution in [0, 0.1) is 0 Å². The van der Waals surface area contributed by atoms with Crippen molar-refractivity contribution in [2.24, 2.45) is 0 Å². The Morgan fingerprint density at radius 3 is 2.57 bits per heavy atom. The van der Waals surface area contributed by atoms with Crippen molar-refractivity contribution in [2.75, 3.05) is 13.1 Å². The number of hydrogen-bond acceptors (Lipinski definition) is 2. The van der Waals surface area contributed by atoms with Crippen LogP contribution in [0.25, 0.3) is 10.9 Å². The molecule has 1 aliphatic heterocycles. The summed E-state index contributed by atoms with van der Waals surface area (Å²) in [6.07, 6.45) is 3.67. The number of aromatic nitrogens is 1. The molecule has 1 fully saturated rings. The Labute approximate surface area is 124 Å². The first-order chi connectivity index (χ1) is 10.2. The summed E-state index contributed by atoms with van der Waals surface area (Å²) in [5.74, 6) is 0.106. The van der Waals surface area contributed by atoms with Crippen LogP contribution in [0.15, 0.2) is 24.3 Å². The molecule has 110 valence electrons. The fourth-order valence-electron chi connectivity index (χ4n) is 3.09. The van der Waals surface area contributed by atoms with Crippen molar-refractivity contribution in [1.29, 1.82) is 0 Å². The molecule has 1 amide bonds. The van der Waals surface area contributed by atoms with Crippen molar-refractivity contribution in [3.8, 4) is 0 Å². The SMILES string of the molecule is CC(=O)c1[nH]c2ccccc2c1CC(=O)N1CCCCC1. The van der Waals surface area contributed by atoms with E-state index in [2.05, 4.69) is 4.98 Å². The first kappa shape index (κ1) is 13.9. The van der Waals surface area contributed by atoms with Gasteiger partial charge in [-0.2, -0.15) is 0 Å². The first-order valence-electron chi connectivity index (χ1n) is 7.55. The molecule has 2 heterocycles. The third-order valence-corrected chi connectivity index (χ3v) is 4.20. The van der Waals surface area contributed by atoms with Crippen LogP contribution in [0.1, 0.15) is 42.2 Å². The molecular formula is C17H20N2O2. The molecule has 0 radical (unpaired) electrons. The molecule has 0 bridgehead atoms. The average Bonchev–Trinajstić information content (AvgIpc) is 2.87. The zero-order valence-corrected chi connectivity index (χ0v) is 12.3. The normalized spacial score (nSPS) is 15.4. The van der Waals surface area contributed by atoms with Crippen molar-refractivity contribution in [2.45, 2.75) is 32.6 Å². The zero-order chi connectivity index (χ0) is 14.8. The van der Waals surface area contributed by atoms with E-state index in [1.54, 1.807) is 6.92 Å². The van der Waals surface area contributed by atoms with Crippen LogP contribution in [-0.2, 0) is 11.2 Å². The van der Waals surface area contributed by atoms with Gasteiger partial charge in [-0.25, -0.2) is 0 Å². The second-order valence-corrected chi connectivity index (χ2v) is 5.70. The van der Waals surface area contributed by atoms with Crippen molar-refractivity contribution < 1.29 is 9.59 Å². The molecule has 2 aromatic rings. The van der Waals surface area contributed by atoms with Crippen molar-refractivity contribution in [1.82, 2.24) is 9.88 Å². The number of likely N-dealkylation sites (tertiary alicyclic amines) is 1. The minimum atomic E-state index is -0.0207. The second-order valence-electron chi connectivity index (χ2n) is 5.70. The highest BCUT2D eigenvalue weighted by Gasteiger charge is 2.21. The number of nitrogens with one attached hydrogen (secondary N) is 1. The van der Waals surface area contributed by atoms with Crippen LogP contribution < -0.4 is 0 Å². The number of aromatic amines is 1. The van der Waals surface area contributed by atoms with E-state index < -0.39 is 0 Å². The summed E-state index contributed by atoms with van der Waals surface area (Å²) in [6.45, 7) is 3.23. The predicted octanol–water partition coefficient (Wildman–Crippen LogP) is 2.93. The summed E-state index contributed by atoms with van der Waals surface area (Å²) in [5.41, 5.74) is 2.33. The minimum Gasteiger partial charge on any atom is -0.352 e. The van der Waals surface area contributed by atoms with Gasteiger partial charge in [-0.3, -0.25) is 9.59 Å². The molecule has 3 rings (SSSR count). The smallest absolute Gasteiger partial charge is 0.227 e. The quantitative estimate of drug-likeness (QED) is 0.881. The van der Waals surface area contributed by atoms with Crippen molar-refractivity contribution in [3.05, 3.63) is 35.5 Å². The lowest BCUT2D eigenvalue weighted by atomic mass is 10.0. The number of para-hydroxylation sites is 1. The third kappa shape index (κ3) is 2.71. The van der Waals surface area contributed by atoms with E-state index in [0.29, 0.717) is 12.1 Å². The number of nitrogens with zero attached hydrogens (tertiary/aromatic N) is 1. The Balaban J connectivity index is 1.93. The van der Waals surface area contributed by atoms with Crippen molar-refractivity contribution in [3.63, 3.8) is 0 Å². The van der Waals surface area contributed by atoms with Gasteiger partial charge in [-0.15, -0.1) is 0 Å². The fourth-order valence-corrected chi connectivity index (χ4v) is 3.09. The number of ketones is 1. The van der Waals surface area contributed by atoms with E-state index in [4.69, 9.17) is 0 Å². The molecule has 1 aromatic carbocycles. The molecule has 1 N–H and O–H groups in total. The molecule has 0 saturated carbocycles. The Kier molecular flexibility index (Phi) is 3.78. The molecular weight excluding hydrogens is 264 g/mol. The molecule has 0 unspecified atom stereocenters. The molecule has 0 aliphatic carbocycles. The number of H-pyrrole nitrogens is 1. The van der Waals surface area contributed by atoms with Gasteiger partial charge >= 0.3 is 0 Å². The second kappa shape index (κ2) is 5.72. The maximum atomic E-state index is 12.5. The maximum Gasteiger partial charge on any atom is 0.227 e. The van der Waals surface area contributed by atoms with E-state index in [1.165, 1.54) is 6.42 Å². The van der Waals surface area contributed by atoms with Crippen LogP contribution in [0.3, 0.4) is 0 Å². The molecule has 1 aliphatic rings. The molecule has 1 aromatic heterocycles. The monoisotopic (exact) mass is 284 g/mol. The summed E-state index contributed by atoms with van der Waals surface area (Å²) in [4.78, 5) is 29.4. The summed E-state index contributed by atoms with van der Waals surface area (Å²) < 4.78 is 0. The van der Waals surface area contributed by atoms with Crippen LogP contribution in [0.4, 0.5) is 0 Å². The number of benzene rings is 1. The summed E-state index contributed by atoms with van der Waals surface area (Å²) in [5, 5.41) is 0.980. The van der Waals surface area contributed by atoms with Gasteiger partial charge in [0.2, 0.25) is 5.91 Å². The summed E-state index contributed by atoms with van der Waals surface area (Å²) in [7, 11) is 0. The number of hydrogen-bond donors (Lipinski definition) is 1. The first-order valence-corrected chi connectivity index (χ1v) is 7.55. The molecule has 4 heteroatoms. The molecule has 0 atom stereocenters. The van der Waals surface area contributed by atoms with Gasteiger partial charge in [-0.1, -0.05) is 18.2 Å². The lowest BCUT2D eigenvalue weighted by Gasteiger charge is -2.26.